The second-order valence-electron chi connectivity index (χ2n) is 7.03. The Morgan fingerprint density at radius 2 is 2.11 bits per heavy atom. The van der Waals surface area contributed by atoms with Crippen LogP contribution in [0.4, 0.5) is 0 Å². The number of nitrogens with zero attached hydrogens (tertiary/aromatic N) is 6. The molecule has 0 amide bonds. The molecule has 0 N–H and O–H groups in total. The fraction of sp³-hybridized carbons (Fsp3) is 0.429. The quantitative estimate of drug-likeness (QED) is 0.492. The number of imidazole rings is 1. The molecule has 0 aliphatic heterocycles. The Morgan fingerprint density at radius 3 is 2.71 bits per heavy atom. The lowest BCUT2D eigenvalue weighted by Crippen LogP contribution is -2.12. The van der Waals surface area contributed by atoms with E-state index in [0.29, 0.717) is 18.9 Å². The average molecular weight is 443 g/mol. The van der Waals surface area contributed by atoms with Gasteiger partial charge in [-0.2, -0.15) is 10.4 Å². The van der Waals surface area contributed by atoms with E-state index < -0.39 is 0 Å². The van der Waals surface area contributed by atoms with Gasteiger partial charge in [-0.25, -0.2) is 4.98 Å². The molecule has 28 heavy (non-hydrogen) atoms. The van der Waals surface area contributed by atoms with Gasteiger partial charge in [-0.05, 0) is 48.2 Å². The van der Waals surface area contributed by atoms with E-state index in [0.717, 1.165) is 40.0 Å². The Hall–Kier alpha value is -2.46. The highest BCUT2D eigenvalue weighted by molar-refractivity contribution is 9.10. The van der Waals surface area contributed by atoms with Crippen LogP contribution in [0, 0.1) is 31.1 Å². The first kappa shape index (κ1) is 21.8. The first-order valence-electron chi connectivity index (χ1n) is 9.35. The summed E-state index contributed by atoms with van der Waals surface area (Å²) in [6, 6.07) is 3.88. The minimum Gasteiger partial charge on any atom is -0.330 e. The molecule has 0 fully saturated rings. The molecule has 3 rings (SSSR count). The van der Waals surface area contributed by atoms with E-state index in [1.54, 1.807) is 12.3 Å². The van der Waals surface area contributed by atoms with Gasteiger partial charge in [0.25, 0.3) is 0 Å². The van der Waals surface area contributed by atoms with Crippen LogP contribution in [0.2, 0.25) is 0 Å². The highest BCUT2D eigenvalue weighted by Crippen LogP contribution is 2.23. The molecule has 0 radical (unpaired) electrons. The van der Waals surface area contributed by atoms with Gasteiger partial charge in [0, 0.05) is 23.8 Å². The summed E-state index contributed by atoms with van der Waals surface area (Å²) in [5.74, 6) is 1.73. The van der Waals surface area contributed by atoms with Crippen molar-refractivity contribution in [3.05, 3.63) is 52.9 Å². The van der Waals surface area contributed by atoms with Gasteiger partial charge >= 0.3 is 0 Å². The van der Waals surface area contributed by atoms with Crippen molar-refractivity contribution in [1.29, 1.82) is 5.26 Å². The lowest BCUT2D eigenvalue weighted by molar-refractivity contribution is 0.492. The van der Waals surface area contributed by atoms with Gasteiger partial charge in [0.15, 0.2) is 0 Å². The first-order chi connectivity index (χ1) is 13.4. The molecule has 0 aliphatic rings. The second-order valence-corrected chi connectivity index (χ2v) is 7.78. The van der Waals surface area contributed by atoms with Gasteiger partial charge in [0.1, 0.15) is 10.4 Å². The van der Waals surface area contributed by atoms with Crippen LogP contribution in [0.15, 0.2) is 35.7 Å². The third-order valence-corrected chi connectivity index (χ3v) is 5.09. The van der Waals surface area contributed by atoms with Crippen molar-refractivity contribution in [3.8, 4) is 6.07 Å². The maximum atomic E-state index is 7.74. The number of pyridine rings is 1. The van der Waals surface area contributed by atoms with Crippen molar-refractivity contribution in [2.75, 3.05) is 0 Å². The van der Waals surface area contributed by atoms with E-state index in [1.807, 2.05) is 23.0 Å². The lowest BCUT2D eigenvalue weighted by Gasteiger charge is -2.12. The maximum absolute atomic E-state index is 7.74. The van der Waals surface area contributed by atoms with Gasteiger partial charge < -0.3 is 4.57 Å². The van der Waals surface area contributed by atoms with E-state index >= 15 is 0 Å². The summed E-state index contributed by atoms with van der Waals surface area (Å²) in [5.41, 5.74) is 3.36. The van der Waals surface area contributed by atoms with Crippen molar-refractivity contribution in [3.63, 3.8) is 0 Å². The molecule has 0 saturated carbocycles. The van der Waals surface area contributed by atoms with Gasteiger partial charge in [0.05, 0.1) is 36.4 Å². The molecule has 3 heterocycles. The number of rotatable bonds is 6. The maximum Gasteiger partial charge on any atom is 0.136 e. The van der Waals surface area contributed by atoms with Crippen LogP contribution in [0.5, 0.6) is 0 Å². The van der Waals surface area contributed by atoms with E-state index in [9.17, 15) is 0 Å². The van der Waals surface area contributed by atoms with Gasteiger partial charge in [-0.15, -0.1) is 6.58 Å². The van der Waals surface area contributed by atoms with E-state index in [1.165, 1.54) is 5.69 Å². The fourth-order valence-corrected chi connectivity index (χ4v) is 3.35. The molecule has 7 heteroatoms. The molecule has 0 bridgehead atoms. The topological polar surface area (TPSA) is 72.3 Å². The average Bonchev–Trinajstić information content (AvgIpc) is 3.12. The van der Waals surface area contributed by atoms with E-state index in [4.69, 9.17) is 10.2 Å². The highest BCUT2D eigenvalue weighted by atomic mass is 79.9. The van der Waals surface area contributed by atoms with Crippen LogP contribution < -0.4 is 0 Å². The summed E-state index contributed by atoms with van der Waals surface area (Å²) in [4.78, 5) is 8.99. The normalized spacial score (nSPS) is 10.6. The van der Waals surface area contributed by atoms with Crippen LogP contribution in [0.1, 0.15) is 43.9 Å². The molecular formula is C21H27BrN6. The summed E-state index contributed by atoms with van der Waals surface area (Å²) in [6.45, 7) is 13.7. The van der Waals surface area contributed by atoms with E-state index in [2.05, 4.69) is 64.9 Å². The molecule has 6 nitrogen and oxygen atoms in total. The summed E-state index contributed by atoms with van der Waals surface area (Å²) in [7, 11) is 0. The molecule has 0 saturated heterocycles. The number of nitriles is 1. The molecule has 3 aromatic rings. The zero-order valence-corrected chi connectivity index (χ0v) is 18.6. The molecule has 3 aromatic heterocycles. The molecule has 148 valence electrons. The summed E-state index contributed by atoms with van der Waals surface area (Å²) < 4.78 is 5.15. The molecule has 0 atom stereocenters. The number of hydrogen-bond donors (Lipinski definition) is 0. The number of hydrogen-bond acceptors (Lipinski definition) is 4. The number of allylic oxidation sites excluding steroid dienone is 1. The Labute approximate surface area is 175 Å². The summed E-state index contributed by atoms with van der Waals surface area (Å²) in [5, 5.41) is 13.4. The molecule has 0 aliphatic carbocycles. The minimum atomic E-state index is 0.458. The largest absolute Gasteiger partial charge is 0.330 e. The molecule has 0 spiro atoms. The second kappa shape index (κ2) is 10.2. The van der Waals surface area contributed by atoms with Crippen LogP contribution in [0.25, 0.3) is 10.9 Å². The summed E-state index contributed by atoms with van der Waals surface area (Å²) in [6.07, 6.45) is 6.82. The smallest absolute Gasteiger partial charge is 0.136 e. The lowest BCUT2D eigenvalue weighted by atomic mass is 10.1. The Balaban J connectivity index is 0.000000500. The van der Waals surface area contributed by atoms with Crippen molar-refractivity contribution in [1.82, 2.24) is 24.3 Å². The van der Waals surface area contributed by atoms with Crippen LogP contribution >= 0.6 is 15.9 Å². The molecular weight excluding hydrogens is 416 g/mol. The third-order valence-electron chi connectivity index (χ3n) is 4.50. The zero-order valence-electron chi connectivity index (χ0n) is 17.0. The standard InChI is InChI=1S/C17H22BrN5.C4H5N/c1-11(2)6-8-22-13(4)12(3)20-16(22)10-23-15-9-19-7-5-14(15)17(18)21-23;1-2-3-4-5/h5,7,9,11H,6,8,10H2,1-4H3;2H,1,3H2. The first-order valence-corrected chi connectivity index (χ1v) is 10.1. The van der Waals surface area contributed by atoms with Crippen LogP contribution in [-0.2, 0) is 13.1 Å². The number of halogens is 1. The van der Waals surface area contributed by atoms with Gasteiger partial charge in [-0.1, -0.05) is 19.9 Å². The zero-order chi connectivity index (χ0) is 20.7. The van der Waals surface area contributed by atoms with Gasteiger partial charge in [0.2, 0.25) is 0 Å². The number of aromatic nitrogens is 5. The van der Waals surface area contributed by atoms with Crippen molar-refractivity contribution in [2.24, 2.45) is 5.92 Å². The Kier molecular flexibility index (Phi) is 7.94. The van der Waals surface area contributed by atoms with Crippen LogP contribution in [0.3, 0.4) is 0 Å². The van der Waals surface area contributed by atoms with Crippen molar-refractivity contribution in [2.45, 2.75) is 53.6 Å². The van der Waals surface area contributed by atoms with E-state index in [-0.39, 0.29) is 0 Å². The SMILES string of the molecule is C=CCC#N.Cc1nc(Cn2nc(Br)c3ccncc32)n(CCC(C)C)c1C. The third kappa shape index (κ3) is 5.29. The van der Waals surface area contributed by atoms with Crippen molar-refractivity contribution >= 4 is 26.8 Å². The van der Waals surface area contributed by atoms with Crippen molar-refractivity contribution < 1.29 is 0 Å². The summed E-state index contributed by atoms with van der Waals surface area (Å²) >= 11 is 3.53. The Morgan fingerprint density at radius 1 is 1.36 bits per heavy atom. The monoisotopic (exact) mass is 442 g/mol. The predicted molar refractivity (Wildman–Crippen MR) is 116 cm³/mol. The van der Waals surface area contributed by atoms with Crippen LogP contribution in [-0.4, -0.2) is 24.3 Å². The fourth-order valence-electron chi connectivity index (χ4n) is 2.83. The number of aryl methyl sites for hydroxylation is 1. The predicted octanol–water partition coefficient (Wildman–Crippen LogP) is 5.19. The molecule has 0 aromatic carbocycles. The Bertz CT molecular complexity index is 977. The highest BCUT2D eigenvalue weighted by Gasteiger charge is 2.15. The number of fused-ring (bicyclic) bond motifs is 1. The van der Waals surface area contributed by atoms with Gasteiger partial charge in [-0.3, -0.25) is 9.67 Å². The minimum absolute atomic E-state index is 0.458. The molecule has 0 unspecified atom stereocenters.